The molecule has 0 aromatic carbocycles. The van der Waals surface area contributed by atoms with Crippen LogP contribution in [-0.2, 0) is 4.79 Å². The van der Waals surface area contributed by atoms with Crippen molar-refractivity contribution in [3.8, 4) is 0 Å². The fraction of sp³-hybridized carbons (Fsp3) is 0.889. The number of carbonyl (C=O) groups is 1. The fourth-order valence-corrected chi connectivity index (χ4v) is 8.22. The van der Waals surface area contributed by atoms with Gasteiger partial charge in [0, 0.05) is 12.0 Å². The van der Waals surface area contributed by atoms with E-state index in [4.69, 9.17) is 0 Å². The van der Waals surface area contributed by atoms with E-state index in [1.165, 1.54) is 44.1 Å². The summed E-state index contributed by atoms with van der Waals surface area (Å²) >= 11 is 0. The van der Waals surface area contributed by atoms with Gasteiger partial charge in [-0.3, -0.25) is 4.79 Å². The number of aliphatic hydroxyl groups is 1. The number of ketones is 1. The summed E-state index contributed by atoms with van der Waals surface area (Å²) in [6.45, 7) is 12.0. The summed E-state index contributed by atoms with van der Waals surface area (Å²) in [6.07, 6.45) is 12.4. The molecule has 7 atom stereocenters. The van der Waals surface area contributed by atoms with Crippen LogP contribution in [0, 0.1) is 40.4 Å². The van der Waals surface area contributed by atoms with Crippen LogP contribution in [0.1, 0.15) is 105 Å². The summed E-state index contributed by atoms with van der Waals surface area (Å²) in [4.78, 5) is 13.4. The molecular weight excluding hydrogens is 356 g/mol. The Labute approximate surface area is 178 Å². The van der Waals surface area contributed by atoms with Gasteiger partial charge >= 0.3 is 0 Å². The van der Waals surface area contributed by atoms with Gasteiger partial charge < -0.3 is 5.11 Å². The van der Waals surface area contributed by atoms with Crippen LogP contribution in [-0.4, -0.2) is 17.0 Å². The Morgan fingerprint density at radius 1 is 1.07 bits per heavy atom. The highest BCUT2D eigenvalue weighted by atomic mass is 16.3. The molecular formula is C27H44O2. The van der Waals surface area contributed by atoms with Crippen molar-refractivity contribution >= 4 is 5.78 Å². The lowest BCUT2D eigenvalue weighted by Crippen LogP contribution is -2.48. The Morgan fingerprint density at radius 2 is 1.83 bits per heavy atom. The maximum atomic E-state index is 13.4. The molecule has 0 saturated heterocycles. The maximum absolute atomic E-state index is 13.4. The number of Topliss-reactive ketones (excluding diaryl/α,β-unsaturated/α-hetero) is 1. The van der Waals surface area contributed by atoms with E-state index in [0.29, 0.717) is 34.9 Å². The van der Waals surface area contributed by atoms with E-state index in [2.05, 4.69) is 34.6 Å². The average molecular weight is 401 g/mol. The zero-order valence-electron chi connectivity index (χ0n) is 19.6. The van der Waals surface area contributed by atoms with Crippen molar-refractivity contribution in [2.24, 2.45) is 40.4 Å². The molecule has 1 unspecified atom stereocenters. The third-order valence-electron chi connectivity index (χ3n) is 9.96. The van der Waals surface area contributed by atoms with E-state index >= 15 is 0 Å². The molecule has 2 nitrogen and oxygen atoms in total. The van der Waals surface area contributed by atoms with Gasteiger partial charge in [0.2, 0.25) is 0 Å². The maximum Gasteiger partial charge on any atom is 0.159 e. The molecule has 0 amide bonds. The minimum Gasteiger partial charge on any atom is -0.393 e. The molecule has 0 bridgehead atoms. The van der Waals surface area contributed by atoms with E-state index < -0.39 is 0 Å². The summed E-state index contributed by atoms with van der Waals surface area (Å²) in [7, 11) is 0. The molecule has 0 aromatic heterocycles. The summed E-state index contributed by atoms with van der Waals surface area (Å²) in [6, 6.07) is 0. The zero-order chi connectivity index (χ0) is 21.0. The van der Waals surface area contributed by atoms with Crippen molar-refractivity contribution < 1.29 is 9.90 Å². The summed E-state index contributed by atoms with van der Waals surface area (Å²) in [5, 5.41) is 10.2. The molecule has 3 saturated carbocycles. The number of hydrogen-bond acceptors (Lipinski definition) is 2. The third kappa shape index (κ3) is 3.56. The first-order valence-corrected chi connectivity index (χ1v) is 12.6. The van der Waals surface area contributed by atoms with Crippen LogP contribution < -0.4 is 0 Å². The summed E-state index contributed by atoms with van der Waals surface area (Å²) < 4.78 is 0. The third-order valence-corrected chi connectivity index (χ3v) is 9.96. The molecule has 3 fully saturated rings. The van der Waals surface area contributed by atoms with Gasteiger partial charge in [-0.1, -0.05) is 59.5 Å². The van der Waals surface area contributed by atoms with Crippen LogP contribution in [0.25, 0.3) is 0 Å². The number of carbonyl (C=O) groups excluding carboxylic acids is 1. The predicted molar refractivity (Wildman–Crippen MR) is 120 cm³/mol. The van der Waals surface area contributed by atoms with Gasteiger partial charge in [0.15, 0.2) is 5.78 Å². The minimum atomic E-state index is -0.0969. The normalized spacial score (nSPS) is 43.2. The zero-order valence-corrected chi connectivity index (χ0v) is 19.6. The lowest BCUT2D eigenvalue weighted by atomic mass is 9.48. The molecule has 4 rings (SSSR count). The number of hydrogen-bond donors (Lipinski definition) is 1. The molecule has 0 spiro atoms. The average Bonchev–Trinajstić information content (AvgIpc) is 2.93. The quantitative estimate of drug-likeness (QED) is 0.556. The molecule has 0 aliphatic heterocycles. The van der Waals surface area contributed by atoms with Gasteiger partial charge in [0.25, 0.3) is 0 Å². The molecule has 164 valence electrons. The highest BCUT2D eigenvalue weighted by molar-refractivity contribution is 6.00. The molecule has 4 aliphatic rings. The van der Waals surface area contributed by atoms with Gasteiger partial charge in [-0.15, -0.1) is 0 Å². The van der Waals surface area contributed by atoms with Crippen LogP contribution in [0.4, 0.5) is 0 Å². The Kier molecular flexibility index (Phi) is 5.82. The Morgan fingerprint density at radius 3 is 2.55 bits per heavy atom. The van der Waals surface area contributed by atoms with Gasteiger partial charge in [0.1, 0.15) is 0 Å². The van der Waals surface area contributed by atoms with Crippen molar-refractivity contribution in [1.82, 2.24) is 0 Å². The molecule has 0 heterocycles. The lowest BCUT2D eigenvalue weighted by molar-refractivity contribution is -0.115. The smallest absolute Gasteiger partial charge is 0.159 e. The first-order chi connectivity index (χ1) is 13.7. The lowest BCUT2D eigenvalue weighted by Gasteiger charge is -2.56. The number of aliphatic hydroxyl groups excluding tert-OH is 1. The number of allylic oxidation sites excluding steroid dienone is 2. The topological polar surface area (TPSA) is 37.3 Å². The summed E-state index contributed by atoms with van der Waals surface area (Å²) in [5.74, 6) is 3.70. The van der Waals surface area contributed by atoms with Crippen molar-refractivity contribution in [2.75, 3.05) is 0 Å². The standard InChI is InChI=1S/C27H44O2/c1-17(2)7-6-8-18(3)23-16-24(29)25-21-10-9-19-15-20(28)11-13-26(19,4)22(21)12-14-27(23,25)5/h17-20,22-23,28H,6-16H2,1-5H3/t18-,19+,20+,22?,23-,26+,27-/m1/s1. The molecule has 0 aromatic rings. The van der Waals surface area contributed by atoms with Gasteiger partial charge in [0.05, 0.1) is 6.10 Å². The Bertz CT molecular complexity index is 676. The highest BCUT2D eigenvalue weighted by Gasteiger charge is 2.57. The van der Waals surface area contributed by atoms with E-state index in [-0.39, 0.29) is 11.5 Å². The van der Waals surface area contributed by atoms with Gasteiger partial charge in [-0.2, -0.15) is 0 Å². The van der Waals surface area contributed by atoms with Gasteiger partial charge in [-0.25, -0.2) is 0 Å². The second kappa shape index (κ2) is 7.81. The molecule has 2 heteroatoms. The number of rotatable bonds is 5. The van der Waals surface area contributed by atoms with E-state index in [9.17, 15) is 9.90 Å². The SMILES string of the molecule is CC(C)CCC[C@@H](C)[C@H]1CC(=O)C2=C3CC[C@H]4C[C@@H](O)CC[C@]4(C)C3CC[C@@]21C. The van der Waals surface area contributed by atoms with Crippen molar-refractivity contribution in [3.05, 3.63) is 11.1 Å². The van der Waals surface area contributed by atoms with E-state index in [1.54, 1.807) is 5.57 Å². The molecule has 29 heavy (non-hydrogen) atoms. The molecule has 1 N–H and O–H groups in total. The Hall–Kier alpha value is -0.630. The second-order valence-corrected chi connectivity index (χ2v) is 12.1. The van der Waals surface area contributed by atoms with Gasteiger partial charge in [-0.05, 0) is 85.4 Å². The van der Waals surface area contributed by atoms with Crippen molar-refractivity contribution in [2.45, 2.75) is 111 Å². The largest absolute Gasteiger partial charge is 0.393 e. The van der Waals surface area contributed by atoms with Crippen LogP contribution in [0.2, 0.25) is 0 Å². The molecule has 0 radical (unpaired) electrons. The molecule has 4 aliphatic carbocycles. The Balaban J connectivity index is 1.59. The van der Waals surface area contributed by atoms with Crippen molar-refractivity contribution in [1.29, 1.82) is 0 Å². The second-order valence-electron chi connectivity index (χ2n) is 12.1. The highest BCUT2D eigenvalue weighted by Crippen LogP contribution is 2.65. The van der Waals surface area contributed by atoms with Crippen LogP contribution in [0.5, 0.6) is 0 Å². The van der Waals surface area contributed by atoms with Crippen LogP contribution in [0.3, 0.4) is 0 Å². The summed E-state index contributed by atoms with van der Waals surface area (Å²) in [5.41, 5.74) is 3.29. The van der Waals surface area contributed by atoms with E-state index in [0.717, 1.165) is 38.0 Å². The number of fused-ring (bicyclic) bond motifs is 4. The van der Waals surface area contributed by atoms with Crippen molar-refractivity contribution in [3.63, 3.8) is 0 Å². The first-order valence-electron chi connectivity index (χ1n) is 12.6. The fourth-order valence-electron chi connectivity index (χ4n) is 8.22. The first kappa shape index (κ1) is 21.6. The van der Waals surface area contributed by atoms with E-state index in [1.807, 2.05) is 0 Å². The minimum absolute atomic E-state index is 0.0969. The van der Waals surface area contributed by atoms with Crippen LogP contribution >= 0.6 is 0 Å². The monoisotopic (exact) mass is 400 g/mol. The van der Waals surface area contributed by atoms with Crippen LogP contribution in [0.15, 0.2) is 11.1 Å². The predicted octanol–water partition coefficient (Wildman–Crippen LogP) is 6.71.